The predicted octanol–water partition coefficient (Wildman–Crippen LogP) is 7.04. The second-order valence-electron chi connectivity index (χ2n) is 15.8. The van der Waals surface area contributed by atoms with Gasteiger partial charge in [-0.15, -0.1) is 0 Å². The highest BCUT2D eigenvalue weighted by molar-refractivity contribution is 7.23. The van der Waals surface area contributed by atoms with Crippen LogP contribution in [0.2, 0.25) is 0 Å². The minimum atomic E-state index is -2.86. The third kappa shape index (κ3) is 2.39. The highest BCUT2D eigenvalue weighted by Gasteiger charge is 2.70. The van der Waals surface area contributed by atoms with Crippen molar-refractivity contribution < 1.29 is 14.1 Å². The summed E-state index contributed by atoms with van der Waals surface area (Å²) in [6, 6.07) is 57.4. The Labute approximate surface area is 313 Å². The summed E-state index contributed by atoms with van der Waals surface area (Å²) in [4.78, 5) is 0. The maximum atomic E-state index is 7.25. The fourth-order valence-electron chi connectivity index (χ4n) is 12.2. The van der Waals surface area contributed by atoms with Crippen LogP contribution in [0.5, 0.6) is 11.5 Å². The van der Waals surface area contributed by atoms with E-state index in [2.05, 4.69) is 176 Å². The Morgan fingerprint density at radius 1 is 0.509 bits per heavy atom. The second-order valence-corrected chi connectivity index (χ2v) is 19.4. The normalized spacial score (nSPS) is 17.8. The van der Waals surface area contributed by atoms with Crippen LogP contribution in [0.25, 0.3) is 77.1 Å². The molecular weight excluding hydrogens is 691 g/mol. The lowest BCUT2D eigenvalue weighted by Crippen LogP contribution is -2.85. The second kappa shape index (κ2) is 8.20. The first-order valence-corrected chi connectivity index (χ1v) is 21.1. The van der Waals surface area contributed by atoms with E-state index < -0.39 is 8.07 Å². The van der Waals surface area contributed by atoms with E-state index in [0.717, 1.165) is 11.5 Å². The number of nitrogens with zero attached hydrogens (tertiary/aromatic N) is 5. The van der Waals surface area contributed by atoms with Crippen molar-refractivity contribution in [3.63, 3.8) is 0 Å². The van der Waals surface area contributed by atoms with Crippen LogP contribution in [-0.2, 0) is 0 Å². The number of ether oxygens (including phenoxy) is 1. The molecule has 7 heteroatoms. The molecule has 0 saturated heterocycles. The van der Waals surface area contributed by atoms with Gasteiger partial charge in [0, 0.05) is 31.2 Å². The SMILES string of the molecule is c1ccc2c(c1)-c1ccccc1[Si]21c2ccc3c4c2-n2c5c1cccc5c1ccc[n+](c12)[N+]41c2c(ccc4c5ccccc5n5c6ccccc6[n+]1c5c24)O3. The van der Waals surface area contributed by atoms with Crippen molar-refractivity contribution in [1.29, 1.82) is 0 Å². The summed E-state index contributed by atoms with van der Waals surface area (Å²) in [6.07, 6.45) is 2.32. The van der Waals surface area contributed by atoms with E-state index >= 15 is 0 Å². The molecule has 55 heavy (non-hydrogen) atoms. The smallest absolute Gasteiger partial charge is 0.358 e. The van der Waals surface area contributed by atoms with E-state index in [4.69, 9.17) is 4.74 Å². The summed E-state index contributed by atoms with van der Waals surface area (Å²) in [5.74, 6) is 1.80. The molecule has 9 heterocycles. The largest absolute Gasteiger partial charge is 0.444 e. The average molecular weight is 717 g/mol. The van der Waals surface area contributed by atoms with Crippen LogP contribution in [0.1, 0.15) is 0 Å². The van der Waals surface area contributed by atoms with E-state index in [1.165, 1.54) is 109 Å². The monoisotopic (exact) mass is 716 g/mol. The molecule has 0 saturated carbocycles. The Morgan fingerprint density at radius 2 is 1.20 bits per heavy atom. The van der Waals surface area contributed by atoms with E-state index in [1.54, 1.807) is 0 Å². The summed E-state index contributed by atoms with van der Waals surface area (Å²) in [6.45, 7) is 0. The summed E-state index contributed by atoms with van der Waals surface area (Å²) in [5, 5.41) is 12.1. The molecule has 5 aliphatic rings. The van der Waals surface area contributed by atoms with Gasteiger partial charge in [0.05, 0.1) is 10.1 Å². The number of rotatable bonds is 0. The van der Waals surface area contributed by atoms with Gasteiger partial charge in [-0.1, -0.05) is 97.1 Å². The minimum Gasteiger partial charge on any atom is -0.444 e. The molecule has 0 bridgehead atoms. The lowest BCUT2D eigenvalue weighted by atomic mass is 10.0. The van der Waals surface area contributed by atoms with Crippen molar-refractivity contribution in [3.8, 4) is 28.3 Å². The summed E-state index contributed by atoms with van der Waals surface area (Å²) in [5.41, 5.74) is 13.7. The van der Waals surface area contributed by atoms with Crippen molar-refractivity contribution in [2.24, 2.45) is 0 Å². The summed E-state index contributed by atoms with van der Waals surface area (Å²) < 4.78 is 17.9. The lowest BCUT2D eigenvalue weighted by Gasteiger charge is -2.39. The fourth-order valence-corrected chi connectivity index (χ4v) is 17.7. The first-order chi connectivity index (χ1) is 27.3. The van der Waals surface area contributed by atoms with Gasteiger partial charge in [0.15, 0.2) is 30.9 Å². The maximum absolute atomic E-state index is 7.25. The van der Waals surface area contributed by atoms with Crippen molar-refractivity contribution in [3.05, 3.63) is 158 Å². The average Bonchev–Trinajstić information content (AvgIpc) is 3.96. The molecule has 16 rings (SSSR count). The van der Waals surface area contributed by atoms with Crippen LogP contribution in [-0.4, -0.2) is 17.0 Å². The van der Waals surface area contributed by atoms with Gasteiger partial charge in [-0.05, 0) is 80.8 Å². The van der Waals surface area contributed by atoms with Gasteiger partial charge in [-0.25, -0.2) is 0 Å². The first kappa shape index (κ1) is 26.7. The Hall–Kier alpha value is -7.06. The Bertz CT molecular complexity index is 3740. The molecule has 11 aromatic rings. The van der Waals surface area contributed by atoms with E-state index in [9.17, 15) is 0 Å². The Morgan fingerprint density at radius 3 is 2.07 bits per heavy atom. The Balaban J connectivity index is 1.24. The fraction of sp³-hybridized carbons (Fsp3) is 0. The molecule has 5 aliphatic heterocycles. The molecule has 0 aliphatic carbocycles. The molecule has 6 nitrogen and oxygen atoms in total. The van der Waals surface area contributed by atoms with Crippen LogP contribution >= 0.6 is 0 Å². The molecule has 0 N–H and O–H groups in total. The molecular formula is C48H26N5OSi+3. The number of pyridine rings is 2. The number of hydrogen-bond donors (Lipinski definition) is 0. The number of hydrogen-bond acceptors (Lipinski definition) is 1. The zero-order valence-corrected chi connectivity index (χ0v) is 30.2. The van der Waals surface area contributed by atoms with Gasteiger partial charge in [-0.2, -0.15) is 8.97 Å². The van der Waals surface area contributed by atoms with Crippen LogP contribution in [0, 0.1) is 0 Å². The van der Waals surface area contributed by atoms with Gasteiger partial charge in [0.25, 0.3) is 5.69 Å². The molecule has 4 aromatic heterocycles. The van der Waals surface area contributed by atoms with Crippen molar-refractivity contribution in [2.75, 3.05) is 0 Å². The molecule has 0 amide bonds. The van der Waals surface area contributed by atoms with Crippen molar-refractivity contribution in [2.45, 2.75) is 0 Å². The lowest BCUT2D eigenvalue weighted by molar-refractivity contribution is -1.01. The quantitative estimate of drug-likeness (QED) is 0.0717. The summed E-state index contributed by atoms with van der Waals surface area (Å²) >= 11 is 0. The highest BCUT2D eigenvalue weighted by atomic mass is 28.3. The van der Waals surface area contributed by atoms with Gasteiger partial charge in [0.1, 0.15) is 11.0 Å². The number of fused-ring (bicyclic) bond motifs is 14. The van der Waals surface area contributed by atoms with Gasteiger partial charge >= 0.3 is 17.0 Å². The number of imidazole rings is 1. The topological polar surface area (TPSA) is 26.3 Å². The van der Waals surface area contributed by atoms with Crippen LogP contribution in [0.3, 0.4) is 0 Å². The molecule has 2 spiro atoms. The van der Waals surface area contributed by atoms with Gasteiger partial charge in [0.2, 0.25) is 17.0 Å². The number of benzene rings is 7. The zero-order chi connectivity index (χ0) is 35.1. The number of para-hydroxylation sites is 4. The molecule has 0 radical (unpaired) electrons. The molecule has 7 aromatic carbocycles. The van der Waals surface area contributed by atoms with Crippen LogP contribution in [0.15, 0.2) is 158 Å². The highest BCUT2D eigenvalue weighted by Crippen LogP contribution is 2.60. The first-order valence-electron chi connectivity index (χ1n) is 19.1. The van der Waals surface area contributed by atoms with Crippen molar-refractivity contribution >= 4 is 100 Å². The maximum Gasteiger partial charge on any atom is 0.358 e. The van der Waals surface area contributed by atoms with E-state index in [1.807, 2.05) is 0 Å². The molecule has 1 unspecified atom stereocenters. The van der Waals surface area contributed by atoms with E-state index in [0.29, 0.717) is 4.70 Å². The molecule has 1 atom stereocenters. The third-order valence-corrected chi connectivity index (χ3v) is 18.7. The number of aromatic nitrogens is 4. The third-order valence-electron chi connectivity index (χ3n) is 13.8. The Kier molecular flexibility index (Phi) is 3.97. The summed E-state index contributed by atoms with van der Waals surface area (Å²) in [7, 11) is -2.86. The molecule has 250 valence electrons. The standard InChI is InChI=1S/C48H26N5OSi/c1-4-16-33-27(11-1)30-22-23-36-45-42(30)48-50(33)34-17-5-6-18-35(34)52(48)53(45)46-37(54-36)24-25-41-44(46)51-43-31(32-15-10-26-49(53)47(32)51)14-9-21-40(43)55(41)38-19-7-2-12-28(38)29-13-3-8-20-39(29)55/h1-26H/q+3. The van der Waals surface area contributed by atoms with Crippen LogP contribution < -0.4 is 39.5 Å². The number of quaternary nitrogens is 1. The van der Waals surface area contributed by atoms with E-state index in [-0.39, 0.29) is 0 Å². The molecule has 0 fully saturated rings. The predicted molar refractivity (Wildman–Crippen MR) is 220 cm³/mol. The van der Waals surface area contributed by atoms with Crippen LogP contribution in [0.4, 0.5) is 11.4 Å². The van der Waals surface area contributed by atoms with Crippen molar-refractivity contribution in [1.82, 2.24) is 13.7 Å². The van der Waals surface area contributed by atoms with Gasteiger partial charge in [-0.3, -0.25) is 0 Å². The van der Waals surface area contributed by atoms with Gasteiger partial charge < -0.3 is 4.74 Å². The minimum absolute atomic E-state index is 0.352. The zero-order valence-electron chi connectivity index (χ0n) is 29.2.